The summed E-state index contributed by atoms with van der Waals surface area (Å²) in [5, 5.41) is 12.0. The van der Waals surface area contributed by atoms with Gasteiger partial charge in [-0.25, -0.2) is 0 Å². The minimum Gasteiger partial charge on any atom is -0.476 e. The first-order valence-electron chi connectivity index (χ1n) is 5.54. The van der Waals surface area contributed by atoms with E-state index in [0.717, 1.165) is 11.3 Å². The van der Waals surface area contributed by atoms with Crippen molar-refractivity contribution in [1.82, 2.24) is 5.32 Å². The van der Waals surface area contributed by atoms with Gasteiger partial charge in [-0.3, -0.25) is 0 Å². The van der Waals surface area contributed by atoms with Gasteiger partial charge in [-0.1, -0.05) is 19.1 Å². The number of hydrogen-bond acceptors (Lipinski definition) is 3. The number of benzene rings is 1. The molecule has 0 aromatic heterocycles. The molecule has 0 aliphatic heterocycles. The van der Waals surface area contributed by atoms with E-state index in [4.69, 9.17) is 10.00 Å². The molecule has 0 aliphatic carbocycles. The van der Waals surface area contributed by atoms with Gasteiger partial charge in [0.1, 0.15) is 11.8 Å². The third kappa shape index (κ3) is 3.25. The van der Waals surface area contributed by atoms with E-state index in [1.165, 1.54) is 0 Å². The Kier molecular flexibility index (Phi) is 4.81. The molecule has 0 saturated carbocycles. The fourth-order valence-corrected chi connectivity index (χ4v) is 1.39. The highest BCUT2D eigenvalue weighted by Gasteiger charge is 2.08. The standard InChI is InChI=1S/C13H18N2O/c1-4-12(9-14)16-13-7-5-6-11(8-13)10(2)15-3/h5-8,10,12,15H,4H2,1-3H3. The van der Waals surface area contributed by atoms with Gasteiger partial charge in [0.15, 0.2) is 6.10 Å². The van der Waals surface area contributed by atoms with Crippen LogP contribution in [-0.4, -0.2) is 13.2 Å². The Morgan fingerprint density at radius 2 is 2.25 bits per heavy atom. The Hall–Kier alpha value is -1.53. The van der Waals surface area contributed by atoms with Gasteiger partial charge in [0.2, 0.25) is 0 Å². The van der Waals surface area contributed by atoms with E-state index in [-0.39, 0.29) is 12.1 Å². The maximum atomic E-state index is 8.82. The summed E-state index contributed by atoms with van der Waals surface area (Å²) in [6.45, 7) is 4.02. The molecule has 3 nitrogen and oxygen atoms in total. The van der Waals surface area contributed by atoms with Crippen LogP contribution >= 0.6 is 0 Å². The Bertz CT molecular complexity index is 370. The predicted octanol–water partition coefficient (Wildman–Crippen LogP) is 2.65. The fraction of sp³-hybridized carbons (Fsp3) is 0.462. The first-order valence-corrected chi connectivity index (χ1v) is 5.54. The summed E-state index contributed by atoms with van der Waals surface area (Å²) < 4.78 is 5.56. The van der Waals surface area contributed by atoms with Crippen LogP contribution in [0.5, 0.6) is 5.75 Å². The van der Waals surface area contributed by atoms with E-state index >= 15 is 0 Å². The van der Waals surface area contributed by atoms with Gasteiger partial charge in [0.05, 0.1) is 0 Å². The molecule has 86 valence electrons. The van der Waals surface area contributed by atoms with Crippen molar-refractivity contribution in [3.8, 4) is 11.8 Å². The quantitative estimate of drug-likeness (QED) is 0.826. The molecule has 3 heteroatoms. The highest BCUT2D eigenvalue weighted by atomic mass is 16.5. The summed E-state index contributed by atoms with van der Waals surface area (Å²) in [5.41, 5.74) is 1.16. The normalized spacial score (nSPS) is 13.9. The minimum absolute atomic E-state index is 0.283. The molecule has 16 heavy (non-hydrogen) atoms. The minimum atomic E-state index is -0.361. The van der Waals surface area contributed by atoms with Crippen LogP contribution in [0, 0.1) is 11.3 Å². The Labute approximate surface area is 97.0 Å². The van der Waals surface area contributed by atoms with Gasteiger partial charge in [0, 0.05) is 6.04 Å². The van der Waals surface area contributed by atoms with Gasteiger partial charge in [0.25, 0.3) is 0 Å². The van der Waals surface area contributed by atoms with E-state index in [9.17, 15) is 0 Å². The van der Waals surface area contributed by atoms with Crippen LogP contribution in [0.3, 0.4) is 0 Å². The molecule has 0 spiro atoms. The fourth-order valence-electron chi connectivity index (χ4n) is 1.39. The third-order valence-electron chi connectivity index (χ3n) is 2.58. The molecule has 1 aromatic carbocycles. The van der Waals surface area contributed by atoms with Crippen LogP contribution < -0.4 is 10.1 Å². The van der Waals surface area contributed by atoms with Crippen molar-refractivity contribution in [3.05, 3.63) is 29.8 Å². The topological polar surface area (TPSA) is 45.0 Å². The van der Waals surface area contributed by atoms with Gasteiger partial charge < -0.3 is 10.1 Å². The molecule has 0 aliphatic rings. The first-order chi connectivity index (χ1) is 7.71. The van der Waals surface area contributed by atoms with Crippen LogP contribution in [0.15, 0.2) is 24.3 Å². The molecule has 0 bridgehead atoms. The lowest BCUT2D eigenvalue weighted by molar-refractivity contribution is 0.251. The third-order valence-corrected chi connectivity index (χ3v) is 2.58. The monoisotopic (exact) mass is 218 g/mol. The summed E-state index contributed by atoms with van der Waals surface area (Å²) in [6.07, 6.45) is 0.336. The summed E-state index contributed by atoms with van der Waals surface area (Å²) in [4.78, 5) is 0. The molecular weight excluding hydrogens is 200 g/mol. The molecule has 1 rings (SSSR count). The van der Waals surface area contributed by atoms with Gasteiger partial charge in [-0.15, -0.1) is 0 Å². The average Bonchev–Trinajstić information content (AvgIpc) is 2.35. The van der Waals surface area contributed by atoms with E-state index in [0.29, 0.717) is 6.42 Å². The van der Waals surface area contributed by atoms with Gasteiger partial charge in [-0.05, 0) is 38.1 Å². The molecule has 0 fully saturated rings. The number of nitrogens with zero attached hydrogens (tertiary/aromatic N) is 1. The van der Waals surface area contributed by atoms with Crippen molar-refractivity contribution in [2.75, 3.05) is 7.05 Å². The average molecular weight is 218 g/mol. The van der Waals surface area contributed by atoms with Crippen molar-refractivity contribution < 1.29 is 4.74 Å². The lowest BCUT2D eigenvalue weighted by Crippen LogP contribution is -2.14. The zero-order valence-electron chi connectivity index (χ0n) is 10.0. The predicted molar refractivity (Wildman–Crippen MR) is 64.2 cm³/mol. The van der Waals surface area contributed by atoms with Gasteiger partial charge in [-0.2, -0.15) is 5.26 Å². The number of hydrogen-bond donors (Lipinski definition) is 1. The lowest BCUT2D eigenvalue weighted by atomic mass is 10.1. The van der Waals surface area contributed by atoms with Crippen LogP contribution in [0.4, 0.5) is 0 Å². The van der Waals surface area contributed by atoms with Gasteiger partial charge >= 0.3 is 0 Å². The molecule has 0 amide bonds. The number of ether oxygens (including phenoxy) is 1. The molecule has 2 atom stereocenters. The molecule has 1 aromatic rings. The smallest absolute Gasteiger partial charge is 0.184 e. The molecule has 2 unspecified atom stereocenters. The summed E-state index contributed by atoms with van der Waals surface area (Å²) in [5.74, 6) is 0.757. The Balaban J connectivity index is 2.79. The first kappa shape index (κ1) is 12.5. The maximum Gasteiger partial charge on any atom is 0.184 e. The van der Waals surface area contributed by atoms with Crippen LogP contribution in [0.1, 0.15) is 31.9 Å². The van der Waals surface area contributed by atoms with Crippen molar-refractivity contribution in [2.45, 2.75) is 32.4 Å². The molecular formula is C13H18N2O. The molecule has 1 N–H and O–H groups in total. The lowest BCUT2D eigenvalue weighted by Gasteiger charge is -2.14. The molecule has 0 saturated heterocycles. The molecule has 0 radical (unpaired) electrons. The zero-order chi connectivity index (χ0) is 12.0. The SMILES string of the molecule is CCC(C#N)Oc1cccc(C(C)NC)c1. The van der Waals surface area contributed by atoms with E-state index in [2.05, 4.69) is 18.3 Å². The van der Waals surface area contributed by atoms with Crippen molar-refractivity contribution in [2.24, 2.45) is 0 Å². The van der Waals surface area contributed by atoms with E-state index < -0.39 is 0 Å². The Morgan fingerprint density at radius 3 is 2.81 bits per heavy atom. The van der Waals surface area contributed by atoms with Crippen molar-refractivity contribution >= 4 is 0 Å². The Morgan fingerprint density at radius 1 is 1.50 bits per heavy atom. The van der Waals surface area contributed by atoms with E-state index in [1.54, 1.807) is 0 Å². The second-order valence-electron chi connectivity index (χ2n) is 3.73. The number of rotatable bonds is 5. The highest BCUT2D eigenvalue weighted by molar-refractivity contribution is 5.30. The second kappa shape index (κ2) is 6.14. The summed E-state index contributed by atoms with van der Waals surface area (Å²) >= 11 is 0. The summed E-state index contributed by atoms with van der Waals surface area (Å²) in [7, 11) is 1.92. The molecule has 0 heterocycles. The maximum absolute atomic E-state index is 8.82. The van der Waals surface area contributed by atoms with Crippen molar-refractivity contribution in [1.29, 1.82) is 5.26 Å². The second-order valence-corrected chi connectivity index (χ2v) is 3.73. The van der Waals surface area contributed by atoms with Crippen LogP contribution in [0.2, 0.25) is 0 Å². The number of nitriles is 1. The highest BCUT2D eigenvalue weighted by Crippen LogP contribution is 2.20. The van der Waals surface area contributed by atoms with Crippen LogP contribution in [-0.2, 0) is 0 Å². The zero-order valence-corrected chi connectivity index (χ0v) is 10.0. The van der Waals surface area contributed by atoms with Crippen molar-refractivity contribution in [3.63, 3.8) is 0 Å². The van der Waals surface area contributed by atoms with E-state index in [1.807, 2.05) is 38.2 Å². The van der Waals surface area contributed by atoms with Crippen LogP contribution in [0.25, 0.3) is 0 Å². The largest absolute Gasteiger partial charge is 0.476 e. The summed E-state index contributed by atoms with van der Waals surface area (Å²) in [6, 6.07) is 10.3. The number of nitrogens with one attached hydrogen (secondary N) is 1.